The van der Waals surface area contributed by atoms with Crippen LogP contribution in [0.2, 0.25) is 0 Å². The quantitative estimate of drug-likeness (QED) is 0.806. The van der Waals surface area contributed by atoms with Gasteiger partial charge in [0.15, 0.2) is 0 Å². The molecule has 0 spiro atoms. The summed E-state index contributed by atoms with van der Waals surface area (Å²) in [5.74, 6) is 0. The van der Waals surface area contributed by atoms with Gasteiger partial charge in [0.2, 0.25) is 0 Å². The Balaban J connectivity index is 2.58. The molecule has 0 saturated carbocycles. The molecule has 0 heterocycles. The maximum atomic E-state index is 13.3. The number of halogens is 4. The van der Waals surface area contributed by atoms with Crippen LogP contribution in [0, 0.1) is 6.92 Å². The highest BCUT2D eigenvalue weighted by Crippen LogP contribution is 2.38. The minimum absolute atomic E-state index is 0.221. The highest BCUT2D eigenvalue weighted by Gasteiger charge is 2.35. The first-order valence-electron chi connectivity index (χ1n) is 6.43. The Labute approximate surface area is 130 Å². The fourth-order valence-electron chi connectivity index (χ4n) is 2.38. The van der Waals surface area contributed by atoms with E-state index in [9.17, 15) is 13.2 Å². The molecule has 0 radical (unpaired) electrons. The van der Waals surface area contributed by atoms with Crippen LogP contribution in [0.3, 0.4) is 0 Å². The summed E-state index contributed by atoms with van der Waals surface area (Å²) in [6, 6.07) is 11.2. The standard InChI is InChI=1S/C16H15BrF3N/c1-10-4-3-5-11(8-10)15(21-2)13-7-6-12(17)9-14(13)16(18,19)20/h3-9,15,21H,1-2H3. The second-order valence-corrected chi connectivity index (χ2v) is 5.78. The monoisotopic (exact) mass is 357 g/mol. The van der Waals surface area contributed by atoms with E-state index in [1.807, 2.05) is 31.2 Å². The molecule has 0 aliphatic heterocycles. The van der Waals surface area contributed by atoms with Crippen LogP contribution >= 0.6 is 15.9 Å². The lowest BCUT2D eigenvalue weighted by Gasteiger charge is -2.22. The van der Waals surface area contributed by atoms with E-state index in [4.69, 9.17) is 0 Å². The number of benzene rings is 2. The predicted octanol–water partition coefficient (Wildman–Crippen LogP) is 5.09. The van der Waals surface area contributed by atoms with Crippen LogP contribution in [0.4, 0.5) is 13.2 Å². The van der Waals surface area contributed by atoms with E-state index in [2.05, 4.69) is 21.2 Å². The molecule has 2 aromatic carbocycles. The normalized spacial score (nSPS) is 13.2. The van der Waals surface area contributed by atoms with Gasteiger partial charge in [-0.3, -0.25) is 0 Å². The molecule has 1 atom stereocenters. The predicted molar refractivity (Wildman–Crippen MR) is 81.2 cm³/mol. The van der Waals surface area contributed by atoms with Gasteiger partial charge in [-0.25, -0.2) is 0 Å². The van der Waals surface area contributed by atoms with Crippen LogP contribution in [0.1, 0.15) is 28.3 Å². The van der Waals surface area contributed by atoms with E-state index >= 15 is 0 Å². The Morgan fingerprint density at radius 3 is 2.38 bits per heavy atom. The zero-order valence-electron chi connectivity index (χ0n) is 11.6. The van der Waals surface area contributed by atoms with E-state index in [-0.39, 0.29) is 5.56 Å². The molecule has 112 valence electrons. The summed E-state index contributed by atoms with van der Waals surface area (Å²) in [5.41, 5.74) is 1.42. The topological polar surface area (TPSA) is 12.0 Å². The molecule has 21 heavy (non-hydrogen) atoms. The van der Waals surface area contributed by atoms with Gasteiger partial charge in [-0.15, -0.1) is 0 Å². The maximum absolute atomic E-state index is 13.3. The Morgan fingerprint density at radius 2 is 1.81 bits per heavy atom. The summed E-state index contributed by atoms with van der Waals surface area (Å²) < 4.78 is 40.2. The molecule has 1 N–H and O–H groups in total. The largest absolute Gasteiger partial charge is 0.416 e. The number of aryl methyl sites for hydroxylation is 1. The minimum atomic E-state index is -4.39. The molecule has 1 unspecified atom stereocenters. The lowest BCUT2D eigenvalue weighted by molar-refractivity contribution is -0.138. The Hall–Kier alpha value is -1.33. The number of alkyl halides is 3. The lowest BCUT2D eigenvalue weighted by Crippen LogP contribution is -2.22. The molecule has 0 bridgehead atoms. The van der Waals surface area contributed by atoms with Crippen LogP contribution in [-0.4, -0.2) is 7.05 Å². The zero-order valence-corrected chi connectivity index (χ0v) is 13.2. The van der Waals surface area contributed by atoms with Crippen LogP contribution in [-0.2, 0) is 6.18 Å². The highest BCUT2D eigenvalue weighted by atomic mass is 79.9. The fraction of sp³-hybridized carbons (Fsp3) is 0.250. The van der Waals surface area contributed by atoms with Crippen molar-refractivity contribution in [1.82, 2.24) is 5.32 Å². The number of nitrogens with one attached hydrogen (secondary N) is 1. The fourth-order valence-corrected chi connectivity index (χ4v) is 2.74. The minimum Gasteiger partial charge on any atom is -0.309 e. The number of rotatable bonds is 3. The molecule has 2 rings (SSSR count). The zero-order chi connectivity index (χ0) is 15.6. The van der Waals surface area contributed by atoms with Crippen molar-refractivity contribution in [2.24, 2.45) is 0 Å². The van der Waals surface area contributed by atoms with E-state index in [1.54, 1.807) is 13.1 Å². The third-order valence-corrected chi connectivity index (χ3v) is 3.79. The number of hydrogen-bond acceptors (Lipinski definition) is 1. The van der Waals surface area contributed by atoms with Crippen LogP contribution < -0.4 is 5.32 Å². The molecule has 5 heteroatoms. The van der Waals surface area contributed by atoms with E-state index < -0.39 is 17.8 Å². The molecule has 0 aromatic heterocycles. The summed E-state index contributed by atoms with van der Waals surface area (Å²) in [6.45, 7) is 1.92. The summed E-state index contributed by atoms with van der Waals surface area (Å²) in [4.78, 5) is 0. The van der Waals surface area contributed by atoms with Crippen molar-refractivity contribution >= 4 is 15.9 Å². The van der Waals surface area contributed by atoms with Gasteiger partial charge in [0.05, 0.1) is 11.6 Å². The molecular weight excluding hydrogens is 343 g/mol. The van der Waals surface area contributed by atoms with Gasteiger partial charge in [-0.2, -0.15) is 13.2 Å². The highest BCUT2D eigenvalue weighted by molar-refractivity contribution is 9.10. The summed E-state index contributed by atoms with van der Waals surface area (Å²) in [5, 5.41) is 2.98. The van der Waals surface area contributed by atoms with Gasteiger partial charge >= 0.3 is 6.18 Å². The molecule has 2 aromatic rings. The second kappa shape index (κ2) is 6.20. The molecule has 0 fully saturated rings. The van der Waals surface area contributed by atoms with Crippen molar-refractivity contribution in [3.05, 3.63) is 69.2 Å². The van der Waals surface area contributed by atoms with Gasteiger partial charge in [0.1, 0.15) is 0 Å². The maximum Gasteiger partial charge on any atom is 0.416 e. The van der Waals surface area contributed by atoms with Crippen LogP contribution in [0.5, 0.6) is 0 Å². The van der Waals surface area contributed by atoms with E-state index in [1.165, 1.54) is 6.07 Å². The second-order valence-electron chi connectivity index (χ2n) is 4.87. The molecular formula is C16H15BrF3N. The van der Waals surface area contributed by atoms with Crippen molar-refractivity contribution in [3.8, 4) is 0 Å². The molecule has 0 aliphatic rings. The summed E-state index contributed by atoms with van der Waals surface area (Å²) in [6.07, 6.45) is -4.39. The van der Waals surface area contributed by atoms with Crippen LogP contribution in [0.25, 0.3) is 0 Å². The van der Waals surface area contributed by atoms with E-state index in [0.717, 1.165) is 17.2 Å². The van der Waals surface area contributed by atoms with Crippen molar-refractivity contribution in [2.45, 2.75) is 19.1 Å². The Kier molecular flexibility index (Phi) is 4.74. The van der Waals surface area contributed by atoms with Gasteiger partial charge in [0.25, 0.3) is 0 Å². The van der Waals surface area contributed by atoms with Gasteiger partial charge in [0, 0.05) is 4.47 Å². The van der Waals surface area contributed by atoms with Crippen molar-refractivity contribution in [3.63, 3.8) is 0 Å². The smallest absolute Gasteiger partial charge is 0.309 e. The average molecular weight is 358 g/mol. The SMILES string of the molecule is CNC(c1cccc(C)c1)c1ccc(Br)cc1C(F)(F)F. The third kappa shape index (κ3) is 3.66. The first-order chi connectivity index (χ1) is 9.82. The van der Waals surface area contributed by atoms with Gasteiger partial charge in [-0.1, -0.05) is 51.8 Å². The van der Waals surface area contributed by atoms with Crippen molar-refractivity contribution in [2.75, 3.05) is 7.05 Å². The summed E-state index contributed by atoms with van der Waals surface area (Å²) >= 11 is 3.11. The molecule has 0 amide bonds. The van der Waals surface area contributed by atoms with Gasteiger partial charge < -0.3 is 5.32 Å². The Bertz CT molecular complexity index is 638. The van der Waals surface area contributed by atoms with Crippen molar-refractivity contribution in [1.29, 1.82) is 0 Å². The third-order valence-electron chi connectivity index (χ3n) is 3.30. The van der Waals surface area contributed by atoms with Crippen molar-refractivity contribution < 1.29 is 13.2 Å². The van der Waals surface area contributed by atoms with Gasteiger partial charge in [-0.05, 0) is 37.2 Å². The lowest BCUT2D eigenvalue weighted by atomic mass is 9.93. The first-order valence-corrected chi connectivity index (χ1v) is 7.22. The molecule has 0 aliphatic carbocycles. The molecule has 0 saturated heterocycles. The summed E-state index contributed by atoms with van der Waals surface area (Å²) in [7, 11) is 1.66. The van der Waals surface area contributed by atoms with Crippen LogP contribution in [0.15, 0.2) is 46.9 Å². The van der Waals surface area contributed by atoms with E-state index in [0.29, 0.717) is 4.47 Å². The number of hydrogen-bond donors (Lipinski definition) is 1. The molecule has 1 nitrogen and oxygen atoms in total. The average Bonchev–Trinajstić information content (AvgIpc) is 2.40. The Morgan fingerprint density at radius 1 is 1.10 bits per heavy atom. The first kappa shape index (κ1) is 16.0.